The molecule has 0 bridgehead atoms. The molecule has 122 valence electrons. The molecule has 2 rings (SSSR count). The van der Waals surface area contributed by atoms with E-state index < -0.39 is 0 Å². The minimum atomic E-state index is 0.101. The van der Waals surface area contributed by atoms with Crippen LogP contribution in [-0.2, 0) is 4.79 Å². The third-order valence-electron chi connectivity index (χ3n) is 4.34. The van der Waals surface area contributed by atoms with E-state index >= 15 is 0 Å². The summed E-state index contributed by atoms with van der Waals surface area (Å²) in [7, 11) is 0. The number of carbonyl (C=O) groups excluding carboxylic acids is 1. The Morgan fingerprint density at radius 1 is 1.32 bits per heavy atom. The first kappa shape index (κ1) is 17.6. The molecule has 0 saturated carbocycles. The predicted octanol–water partition coefficient (Wildman–Crippen LogP) is 3.99. The van der Waals surface area contributed by atoms with Crippen LogP contribution in [0.15, 0.2) is 18.2 Å². The highest BCUT2D eigenvalue weighted by molar-refractivity contribution is 6.36. The fraction of sp³-hybridized carbons (Fsp3) is 0.588. The minimum absolute atomic E-state index is 0.101. The molecule has 1 atom stereocenters. The molecule has 1 heterocycles. The molecule has 22 heavy (non-hydrogen) atoms. The van der Waals surface area contributed by atoms with Crippen LogP contribution in [0.2, 0.25) is 10.0 Å². The molecule has 1 aliphatic rings. The molecular formula is C17H24Cl2N2O. The van der Waals surface area contributed by atoms with Gasteiger partial charge in [0.2, 0.25) is 5.91 Å². The lowest BCUT2D eigenvalue weighted by Crippen LogP contribution is -2.30. The molecule has 0 radical (unpaired) electrons. The lowest BCUT2D eigenvalue weighted by molar-refractivity contribution is -0.121. The normalized spacial score (nSPS) is 17.2. The van der Waals surface area contributed by atoms with Crippen molar-refractivity contribution < 1.29 is 4.79 Å². The van der Waals surface area contributed by atoms with Crippen LogP contribution >= 0.6 is 23.2 Å². The molecule has 1 aliphatic heterocycles. The number of rotatable bonds is 6. The Hall–Kier alpha value is -0.770. The number of piperidine rings is 1. The molecule has 5 heteroatoms. The SMILES string of the molecule is CC(CNC(=O)CCC1CCNCC1)c1c(Cl)cccc1Cl. The number of hydrogen-bond donors (Lipinski definition) is 2. The summed E-state index contributed by atoms with van der Waals surface area (Å²) in [5.41, 5.74) is 0.907. The van der Waals surface area contributed by atoms with Gasteiger partial charge in [-0.1, -0.05) is 36.2 Å². The molecule has 0 aromatic heterocycles. The van der Waals surface area contributed by atoms with Crippen molar-refractivity contribution in [3.8, 4) is 0 Å². The zero-order valence-corrected chi connectivity index (χ0v) is 14.5. The number of halogens is 2. The van der Waals surface area contributed by atoms with E-state index in [1.807, 2.05) is 25.1 Å². The van der Waals surface area contributed by atoms with Gasteiger partial charge in [0.25, 0.3) is 0 Å². The Morgan fingerprint density at radius 3 is 2.59 bits per heavy atom. The Kier molecular flexibility index (Phi) is 7.00. The van der Waals surface area contributed by atoms with Crippen LogP contribution in [0, 0.1) is 5.92 Å². The Morgan fingerprint density at radius 2 is 1.95 bits per heavy atom. The summed E-state index contributed by atoms with van der Waals surface area (Å²) >= 11 is 12.4. The van der Waals surface area contributed by atoms with Gasteiger partial charge in [0.1, 0.15) is 0 Å². The van der Waals surface area contributed by atoms with Crippen molar-refractivity contribution in [2.45, 2.75) is 38.5 Å². The quantitative estimate of drug-likeness (QED) is 0.820. The van der Waals surface area contributed by atoms with Crippen molar-refractivity contribution in [3.05, 3.63) is 33.8 Å². The van der Waals surface area contributed by atoms with Crippen LogP contribution in [0.1, 0.15) is 44.1 Å². The van der Waals surface area contributed by atoms with Crippen LogP contribution in [0.5, 0.6) is 0 Å². The fourth-order valence-corrected chi connectivity index (χ4v) is 3.71. The van der Waals surface area contributed by atoms with E-state index in [0.717, 1.165) is 25.1 Å². The molecule has 1 aromatic rings. The van der Waals surface area contributed by atoms with E-state index in [1.165, 1.54) is 12.8 Å². The molecule has 0 aliphatic carbocycles. The molecule has 1 amide bonds. The Bertz CT molecular complexity index is 481. The third-order valence-corrected chi connectivity index (χ3v) is 5.00. The average molecular weight is 343 g/mol. The summed E-state index contributed by atoms with van der Waals surface area (Å²) in [6, 6.07) is 5.49. The molecule has 1 unspecified atom stereocenters. The summed E-state index contributed by atoms with van der Waals surface area (Å²) in [4.78, 5) is 12.0. The minimum Gasteiger partial charge on any atom is -0.356 e. The van der Waals surface area contributed by atoms with Crippen molar-refractivity contribution in [2.24, 2.45) is 5.92 Å². The number of nitrogens with one attached hydrogen (secondary N) is 2. The van der Waals surface area contributed by atoms with Gasteiger partial charge in [0.05, 0.1) is 0 Å². The van der Waals surface area contributed by atoms with Gasteiger partial charge in [0.15, 0.2) is 0 Å². The summed E-state index contributed by atoms with van der Waals surface area (Å²) < 4.78 is 0. The Balaban J connectivity index is 1.75. The van der Waals surface area contributed by atoms with Gasteiger partial charge in [-0.2, -0.15) is 0 Å². The van der Waals surface area contributed by atoms with E-state index in [2.05, 4.69) is 10.6 Å². The molecule has 1 saturated heterocycles. The van der Waals surface area contributed by atoms with Gasteiger partial charge >= 0.3 is 0 Å². The van der Waals surface area contributed by atoms with Crippen molar-refractivity contribution in [3.63, 3.8) is 0 Å². The first-order valence-corrected chi connectivity index (χ1v) is 8.75. The maximum Gasteiger partial charge on any atom is 0.220 e. The molecule has 1 fully saturated rings. The van der Waals surface area contributed by atoms with Gasteiger partial charge in [-0.15, -0.1) is 0 Å². The van der Waals surface area contributed by atoms with E-state index in [1.54, 1.807) is 0 Å². The molecule has 1 aromatic carbocycles. The van der Waals surface area contributed by atoms with Gasteiger partial charge in [-0.25, -0.2) is 0 Å². The molecule has 2 N–H and O–H groups in total. The van der Waals surface area contributed by atoms with Crippen LogP contribution in [0.25, 0.3) is 0 Å². The summed E-state index contributed by atoms with van der Waals surface area (Å²) in [5.74, 6) is 0.903. The zero-order chi connectivity index (χ0) is 15.9. The predicted molar refractivity (Wildman–Crippen MR) is 92.7 cm³/mol. The second-order valence-corrected chi connectivity index (χ2v) is 6.89. The largest absolute Gasteiger partial charge is 0.356 e. The lowest BCUT2D eigenvalue weighted by atomic mass is 9.93. The smallest absolute Gasteiger partial charge is 0.220 e. The number of amides is 1. The van der Waals surface area contributed by atoms with Crippen LogP contribution in [-0.4, -0.2) is 25.5 Å². The van der Waals surface area contributed by atoms with Crippen LogP contribution in [0.4, 0.5) is 0 Å². The van der Waals surface area contributed by atoms with E-state index in [4.69, 9.17) is 23.2 Å². The van der Waals surface area contributed by atoms with E-state index in [9.17, 15) is 4.79 Å². The van der Waals surface area contributed by atoms with Crippen molar-refractivity contribution in [1.82, 2.24) is 10.6 Å². The summed E-state index contributed by atoms with van der Waals surface area (Å²) in [5, 5.41) is 7.66. The van der Waals surface area contributed by atoms with Crippen molar-refractivity contribution in [1.29, 1.82) is 0 Å². The monoisotopic (exact) mass is 342 g/mol. The molecular weight excluding hydrogens is 319 g/mol. The van der Waals surface area contributed by atoms with Gasteiger partial charge < -0.3 is 10.6 Å². The zero-order valence-electron chi connectivity index (χ0n) is 13.0. The van der Waals surface area contributed by atoms with Crippen LogP contribution in [0.3, 0.4) is 0 Å². The highest BCUT2D eigenvalue weighted by atomic mass is 35.5. The van der Waals surface area contributed by atoms with Gasteiger partial charge in [-0.3, -0.25) is 4.79 Å². The maximum atomic E-state index is 12.0. The molecule has 3 nitrogen and oxygen atoms in total. The van der Waals surface area contributed by atoms with Gasteiger partial charge in [0, 0.05) is 28.9 Å². The molecule has 0 spiro atoms. The number of benzene rings is 1. The fourth-order valence-electron chi connectivity index (χ4n) is 2.94. The highest BCUT2D eigenvalue weighted by Gasteiger charge is 2.16. The second kappa shape index (κ2) is 8.76. The average Bonchev–Trinajstić information content (AvgIpc) is 2.52. The number of hydrogen-bond acceptors (Lipinski definition) is 2. The van der Waals surface area contributed by atoms with E-state index in [0.29, 0.717) is 28.9 Å². The highest BCUT2D eigenvalue weighted by Crippen LogP contribution is 2.31. The topological polar surface area (TPSA) is 41.1 Å². The third kappa shape index (κ3) is 5.15. The number of carbonyl (C=O) groups is 1. The standard InChI is InChI=1S/C17H24Cl2N2O/c1-12(17-14(18)3-2-4-15(17)19)11-21-16(22)6-5-13-7-9-20-10-8-13/h2-4,12-13,20H,5-11H2,1H3,(H,21,22). The first-order valence-electron chi connectivity index (χ1n) is 7.99. The van der Waals surface area contributed by atoms with Crippen molar-refractivity contribution >= 4 is 29.1 Å². The van der Waals surface area contributed by atoms with E-state index in [-0.39, 0.29) is 11.8 Å². The summed E-state index contributed by atoms with van der Waals surface area (Å²) in [6.45, 7) is 4.75. The summed E-state index contributed by atoms with van der Waals surface area (Å²) in [6.07, 6.45) is 3.94. The Labute approximate surface area is 142 Å². The second-order valence-electron chi connectivity index (χ2n) is 6.07. The maximum absolute atomic E-state index is 12.0. The lowest BCUT2D eigenvalue weighted by Gasteiger charge is -2.22. The first-order chi connectivity index (χ1) is 10.6. The van der Waals surface area contributed by atoms with Gasteiger partial charge in [-0.05, 0) is 56.0 Å². The van der Waals surface area contributed by atoms with Crippen LogP contribution < -0.4 is 10.6 Å². The van der Waals surface area contributed by atoms with Crippen molar-refractivity contribution in [2.75, 3.05) is 19.6 Å².